The molecule has 34 heavy (non-hydrogen) atoms. The van der Waals surface area contributed by atoms with Gasteiger partial charge in [-0.3, -0.25) is 4.79 Å². The lowest BCUT2D eigenvalue weighted by Crippen LogP contribution is -2.45. The van der Waals surface area contributed by atoms with Crippen LogP contribution in [0.3, 0.4) is 0 Å². The molecular formula is C28H25ClN2O3. The minimum atomic E-state index is -0.810. The minimum absolute atomic E-state index is 0.0481. The molecule has 4 aromatic rings. The van der Waals surface area contributed by atoms with Crippen LogP contribution in [0.5, 0.6) is 5.75 Å². The number of benzene rings is 3. The molecule has 2 heterocycles. The van der Waals surface area contributed by atoms with E-state index in [-0.39, 0.29) is 6.42 Å². The average molecular weight is 473 g/mol. The van der Waals surface area contributed by atoms with Crippen molar-refractivity contribution in [3.63, 3.8) is 0 Å². The van der Waals surface area contributed by atoms with Gasteiger partial charge in [0.15, 0.2) is 0 Å². The fraction of sp³-hybridized carbons (Fsp3) is 0.214. The second kappa shape index (κ2) is 8.99. The van der Waals surface area contributed by atoms with E-state index >= 15 is 0 Å². The number of hydrogen-bond acceptors (Lipinski definition) is 4. The summed E-state index contributed by atoms with van der Waals surface area (Å²) in [6.07, 6.45) is 0.681. The highest BCUT2D eigenvalue weighted by molar-refractivity contribution is 6.30. The zero-order valence-electron chi connectivity index (χ0n) is 18.9. The van der Waals surface area contributed by atoms with Crippen molar-refractivity contribution in [2.24, 2.45) is 0 Å². The first-order valence-electron chi connectivity index (χ1n) is 11.2. The molecule has 0 saturated heterocycles. The van der Waals surface area contributed by atoms with Crippen LogP contribution in [0.2, 0.25) is 5.02 Å². The highest BCUT2D eigenvalue weighted by atomic mass is 35.5. The topological polar surface area (TPSA) is 62.7 Å². The van der Waals surface area contributed by atoms with E-state index in [4.69, 9.17) is 16.3 Å². The first-order chi connectivity index (χ1) is 16.4. The second-order valence-electron chi connectivity index (χ2n) is 9.03. The molecule has 1 N–H and O–H groups in total. The Morgan fingerprint density at radius 1 is 1.09 bits per heavy atom. The van der Waals surface area contributed by atoms with E-state index in [1.807, 2.05) is 79.7 Å². The summed E-state index contributed by atoms with van der Waals surface area (Å²) in [5.74, 6) is -0.0602. The van der Waals surface area contributed by atoms with Crippen molar-refractivity contribution in [3.8, 4) is 5.75 Å². The maximum Gasteiger partial charge on any atom is 0.305 e. The number of carboxylic acid groups (broad SMARTS) is 1. The molecule has 0 fully saturated rings. The Balaban J connectivity index is 1.38. The predicted octanol–water partition coefficient (Wildman–Crippen LogP) is 6.26. The molecule has 5 nitrogen and oxygen atoms in total. The van der Waals surface area contributed by atoms with Crippen LogP contribution < -0.4 is 9.64 Å². The van der Waals surface area contributed by atoms with Crippen molar-refractivity contribution in [2.45, 2.75) is 38.5 Å². The number of pyridine rings is 1. The van der Waals surface area contributed by atoms with E-state index in [2.05, 4.69) is 16.0 Å². The normalized spacial score (nSPS) is 17.1. The summed E-state index contributed by atoms with van der Waals surface area (Å²) in [4.78, 5) is 18.6. The molecule has 6 heteroatoms. The summed E-state index contributed by atoms with van der Waals surface area (Å²) in [5, 5.41) is 11.4. The number of aliphatic carboxylic acids is 1. The van der Waals surface area contributed by atoms with Crippen LogP contribution in [-0.4, -0.2) is 21.6 Å². The molecule has 1 unspecified atom stereocenters. The van der Waals surface area contributed by atoms with Crippen molar-refractivity contribution in [2.75, 3.05) is 4.90 Å². The minimum Gasteiger partial charge on any atom is -0.487 e. The first-order valence-corrected chi connectivity index (χ1v) is 11.6. The van der Waals surface area contributed by atoms with Crippen LogP contribution in [0.4, 0.5) is 5.69 Å². The number of anilines is 1. The van der Waals surface area contributed by atoms with Crippen LogP contribution in [-0.2, 0) is 24.4 Å². The van der Waals surface area contributed by atoms with Gasteiger partial charge in [-0.1, -0.05) is 48.0 Å². The van der Waals surface area contributed by atoms with Crippen LogP contribution >= 0.6 is 11.6 Å². The molecule has 3 aromatic carbocycles. The Kier molecular flexibility index (Phi) is 5.88. The summed E-state index contributed by atoms with van der Waals surface area (Å²) in [6.45, 7) is 2.98. The van der Waals surface area contributed by atoms with E-state index in [0.717, 1.165) is 39.2 Å². The Labute approximate surface area is 203 Å². The van der Waals surface area contributed by atoms with Gasteiger partial charge in [-0.2, -0.15) is 0 Å². The average Bonchev–Trinajstić information content (AvgIpc) is 3.08. The number of ether oxygens (including phenoxy) is 1. The van der Waals surface area contributed by atoms with Crippen molar-refractivity contribution in [1.82, 2.24) is 4.98 Å². The van der Waals surface area contributed by atoms with Gasteiger partial charge < -0.3 is 14.7 Å². The number of nitrogens with zero attached hydrogens (tertiary/aromatic N) is 2. The van der Waals surface area contributed by atoms with Crippen molar-refractivity contribution < 1.29 is 14.6 Å². The quantitative estimate of drug-likeness (QED) is 0.344. The summed E-state index contributed by atoms with van der Waals surface area (Å²) >= 11 is 6.04. The Hall–Kier alpha value is -3.57. The summed E-state index contributed by atoms with van der Waals surface area (Å²) in [7, 11) is 0. The van der Waals surface area contributed by atoms with E-state index in [1.165, 1.54) is 0 Å². The third-order valence-corrected chi connectivity index (χ3v) is 6.65. The SMILES string of the molecule is CC1(CC(=O)O)Cc2cc(OCc3ccc4ccccc4n3)ccc2N1Cc1ccc(Cl)cc1. The fourth-order valence-electron chi connectivity index (χ4n) is 4.73. The smallest absolute Gasteiger partial charge is 0.305 e. The molecule has 5 rings (SSSR count). The Morgan fingerprint density at radius 3 is 2.68 bits per heavy atom. The largest absolute Gasteiger partial charge is 0.487 e. The number of halogens is 1. The predicted molar refractivity (Wildman–Crippen MR) is 135 cm³/mol. The Bertz CT molecular complexity index is 1360. The van der Waals surface area contributed by atoms with Crippen LogP contribution in [0.1, 0.15) is 30.2 Å². The van der Waals surface area contributed by atoms with Crippen molar-refractivity contribution >= 4 is 34.2 Å². The molecule has 0 bridgehead atoms. The van der Waals surface area contributed by atoms with Crippen LogP contribution in [0, 0.1) is 0 Å². The zero-order valence-corrected chi connectivity index (χ0v) is 19.6. The number of hydrogen-bond donors (Lipinski definition) is 1. The first kappa shape index (κ1) is 22.2. The van der Waals surface area contributed by atoms with Gasteiger partial charge >= 0.3 is 5.97 Å². The van der Waals surface area contributed by atoms with Gasteiger partial charge in [-0.15, -0.1) is 0 Å². The molecule has 1 aromatic heterocycles. The molecule has 0 radical (unpaired) electrons. The summed E-state index contributed by atoms with van der Waals surface area (Å²) in [5.41, 5.74) is 4.47. The second-order valence-corrected chi connectivity index (χ2v) is 9.47. The van der Waals surface area contributed by atoms with Gasteiger partial charge in [0.2, 0.25) is 0 Å². The van der Waals surface area contributed by atoms with Gasteiger partial charge in [0, 0.05) is 22.6 Å². The van der Waals surface area contributed by atoms with Gasteiger partial charge in [-0.05, 0) is 66.9 Å². The standard InChI is InChI=1S/C28H25ClN2O3/c1-28(16-27(32)33)15-21-14-24(34-18-23-11-8-20-4-2-3-5-25(20)30-23)12-13-26(21)31(28)17-19-6-9-22(29)10-7-19/h2-14H,15-18H2,1H3,(H,32,33). The summed E-state index contributed by atoms with van der Waals surface area (Å²) in [6, 6.07) is 25.7. The van der Waals surface area contributed by atoms with E-state index < -0.39 is 11.5 Å². The van der Waals surface area contributed by atoms with Gasteiger partial charge in [0.05, 0.1) is 23.2 Å². The number of para-hydroxylation sites is 1. The molecule has 0 saturated carbocycles. The molecular weight excluding hydrogens is 448 g/mol. The number of fused-ring (bicyclic) bond motifs is 2. The maximum atomic E-state index is 11.7. The Morgan fingerprint density at radius 2 is 1.88 bits per heavy atom. The van der Waals surface area contributed by atoms with E-state index in [9.17, 15) is 9.90 Å². The monoisotopic (exact) mass is 472 g/mol. The van der Waals surface area contributed by atoms with Crippen LogP contribution in [0.15, 0.2) is 78.9 Å². The fourth-order valence-corrected chi connectivity index (χ4v) is 4.86. The number of carboxylic acids is 1. The van der Waals surface area contributed by atoms with E-state index in [0.29, 0.717) is 24.6 Å². The molecule has 1 aliphatic heterocycles. The third-order valence-electron chi connectivity index (χ3n) is 6.39. The molecule has 1 atom stereocenters. The van der Waals surface area contributed by atoms with Crippen LogP contribution in [0.25, 0.3) is 10.9 Å². The number of rotatable bonds is 7. The highest BCUT2D eigenvalue weighted by Gasteiger charge is 2.41. The lowest BCUT2D eigenvalue weighted by Gasteiger charge is -2.36. The van der Waals surface area contributed by atoms with Crippen molar-refractivity contribution in [3.05, 3.63) is 101 Å². The third kappa shape index (κ3) is 4.57. The maximum absolute atomic E-state index is 11.7. The number of aromatic nitrogens is 1. The number of carbonyl (C=O) groups is 1. The molecule has 0 spiro atoms. The molecule has 0 amide bonds. The lowest BCUT2D eigenvalue weighted by atomic mass is 9.92. The lowest BCUT2D eigenvalue weighted by molar-refractivity contribution is -0.138. The van der Waals surface area contributed by atoms with Gasteiger partial charge in [0.1, 0.15) is 12.4 Å². The molecule has 172 valence electrons. The summed E-state index contributed by atoms with van der Waals surface area (Å²) < 4.78 is 6.07. The molecule has 1 aliphatic rings. The highest BCUT2D eigenvalue weighted by Crippen LogP contribution is 2.43. The molecule has 0 aliphatic carbocycles. The van der Waals surface area contributed by atoms with Crippen molar-refractivity contribution in [1.29, 1.82) is 0 Å². The zero-order chi connectivity index (χ0) is 23.7. The van der Waals surface area contributed by atoms with E-state index in [1.54, 1.807) is 0 Å². The van der Waals surface area contributed by atoms with Gasteiger partial charge in [0.25, 0.3) is 0 Å². The van der Waals surface area contributed by atoms with Gasteiger partial charge in [-0.25, -0.2) is 4.98 Å².